The normalized spacial score (nSPS) is 22.6. The molecule has 170 valence electrons. The van der Waals surface area contributed by atoms with Crippen molar-refractivity contribution in [2.45, 2.75) is 43.9 Å². The molecule has 1 fully saturated rings. The maximum Gasteiger partial charge on any atom is 0.257 e. The Hall–Kier alpha value is -2.91. The lowest BCUT2D eigenvalue weighted by atomic mass is 9.94. The largest absolute Gasteiger partial charge is 0.490 e. The Labute approximate surface area is 190 Å². The molecule has 2 aliphatic heterocycles. The summed E-state index contributed by atoms with van der Waals surface area (Å²) in [4.78, 5) is 40.0. The quantitative estimate of drug-likeness (QED) is 0.719. The summed E-state index contributed by atoms with van der Waals surface area (Å²) in [6.07, 6.45) is 1.50. The van der Waals surface area contributed by atoms with Crippen molar-refractivity contribution in [2.75, 3.05) is 26.0 Å². The van der Waals surface area contributed by atoms with Gasteiger partial charge in [0, 0.05) is 24.7 Å². The van der Waals surface area contributed by atoms with Gasteiger partial charge in [-0.05, 0) is 42.5 Å². The smallest absolute Gasteiger partial charge is 0.257 e. The summed E-state index contributed by atoms with van der Waals surface area (Å²) in [5.74, 6) is 0.0671. The molecule has 3 atom stereocenters. The molecule has 9 heteroatoms. The zero-order chi connectivity index (χ0) is 22.7. The predicted octanol–water partition coefficient (Wildman–Crippen LogP) is 2.45. The van der Waals surface area contributed by atoms with Crippen LogP contribution in [0.15, 0.2) is 35.7 Å². The van der Waals surface area contributed by atoms with Gasteiger partial charge in [0.1, 0.15) is 18.5 Å². The van der Waals surface area contributed by atoms with Crippen molar-refractivity contribution in [3.63, 3.8) is 0 Å². The molecule has 2 aromatic rings. The zero-order valence-electron chi connectivity index (χ0n) is 18.1. The second kappa shape index (κ2) is 9.70. The van der Waals surface area contributed by atoms with Crippen LogP contribution in [0.3, 0.4) is 0 Å². The van der Waals surface area contributed by atoms with Crippen LogP contribution in [-0.2, 0) is 20.7 Å². The predicted molar refractivity (Wildman–Crippen MR) is 121 cm³/mol. The van der Waals surface area contributed by atoms with E-state index in [1.54, 1.807) is 37.2 Å². The zero-order valence-corrected chi connectivity index (χ0v) is 18.9. The van der Waals surface area contributed by atoms with E-state index in [4.69, 9.17) is 9.47 Å². The number of nitrogens with one attached hydrogen (secondary N) is 2. The lowest BCUT2D eigenvalue weighted by Crippen LogP contribution is -2.53. The number of rotatable bonds is 5. The van der Waals surface area contributed by atoms with Crippen LogP contribution in [0.4, 0.5) is 5.69 Å². The van der Waals surface area contributed by atoms with Crippen LogP contribution in [0, 0.1) is 0 Å². The Morgan fingerprint density at radius 3 is 2.81 bits per heavy atom. The summed E-state index contributed by atoms with van der Waals surface area (Å²) >= 11 is 1.53. The highest BCUT2D eigenvalue weighted by molar-refractivity contribution is 7.10. The average molecular weight is 458 g/mol. The first kappa shape index (κ1) is 22.3. The van der Waals surface area contributed by atoms with E-state index in [2.05, 4.69) is 10.6 Å². The van der Waals surface area contributed by atoms with Crippen molar-refractivity contribution in [3.8, 4) is 5.75 Å². The summed E-state index contributed by atoms with van der Waals surface area (Å²) in [5.41, 5.74) is 0.964. The molecule has 4 rings (SSSR count). The van der Waals surface area contributed by atoms with E-state index in [1.807, 2.05) is 17.5 Å². The molecule has 8 nitrogen and oxygen atoms in total. The van der Waals surface area contributed by atoms with Gasteiger partial charge in [-0.15, -0.1) is 11.3 Å². The molecule has 0 bridgehead atoms. The molecule has 1 saturated heterocycles. The average Bonchev–Trinajstić information content (AvgIpc) is 3.29. The molecule has 0 aliphatic carbocycles. The Kier molecular flexibility index (Phi) is 6.76. The molecule has 1 aromatic carbocycles. The monoisotopic (exact) mass is 457 g/mol. The van der Waals surface area contributed by atoms with Gasteiger partial charge < -0.3 is 25.0 Å². The Balaban J connectivity index is 1.48. The molecule has 2 aliphatic rings. The topological polar surface area (TPSA) is 97.0 Å². The molecule has 32 heavy (non-hydrogen) atoms. The van der Waals surface area contributed by atoms with E-state index >= 15 is 0 Å². The number of likely N-dealkylation sites (N-methyl/N-ethyl adjacent to an activating group) is 1. The minimum atomic E-state index is -0.314. The Bertz CT molecular complexity index is 994. The number of carbonyl (C=O) groups is 3. The van der Waals surface area contributed by atoms with Crippen molar-refractivity contribution < 1.29 is 23.9 Å². The second-order valence-corrected chi connectivity index (χ2v) is 9.09. The van der Waals surface area contributed by atoms with Gasteiger partial charge in [0.05, 0.1) is 30.6 Å². The van der Waals surface area contributed by atoms with E-state index in [0.29, 0.717) is 29.8 Å². The lowest BCUT2D eigenvalue weighted by molar-refractivity contribution is -0.133. The van der Waals surface area contributed by atoms with Crippen LogP contribution in [0.1, 0.15) is 34.5 Å². The van der Waals surface area contributed by atoms with Gasteiger partial charge in [0.15, 0.2) is 0 Å². The number of anilines is 1. The molecule has 3 heterocycles. The molecule has 0 saturated carbocycles. The first-order chi connectivity index (χ1) is 15.4. The summed E-state index contributed by atoms with van der Waals surface area (Å²) in [6.45, 7) is 0.281. The lowest BCUT2D eigenvalue weighted by Gasteiger charge is -2.42. The van der Waals surface area contributed by atoms with Crippen LogP contribution >= 0.6 is 11.3 Å². The first-order valence-corrected chi connectivity index (χ1v) is 11.5. The third-order valence-corrected chi connectivity index (χ3v) is 6.78. The number of hydrogen-bond donors (Lipinski definition) is 2. The van der Waals surface area contributed by atoms with E-state index < -0.39 is 0 Å². The molecule has 2 N–H and O–H groups in total. The fraction of sp³-hybridized carbons (Fsp3) is 0.435. The van der Waals surface area contributed by atoms with Gasteiger partial charge in [-0.2, -0.15) is 0 Å². The number of hydrogen-bond acceptors (Lipinski definition) is 6. The van der Waals surface area contributed by atoms with Crippen LogP contribution in [0.5, 0.6) is 5.75 Å². The highest BCUT2D eigenvalue weighted by Crippen LogP contribution is 2.32. The van der Waals surface area contributed by atoms with Crippen LogP contribution in [0.2, 0.25) is 0 Å². The van der Waals surface area contributed by atoms with Gasteiger partial charge in [-0.25, -0.2) is 0 Å². The molecule has 3 amide bonds. The first-order valence-electron chi connectivity index (χ1n) is 10.7. The Morgan fingerprint density at radius 2 is 2.06 bits per heavy atom. The number of nitrogens with zero attached hydrogens (tertiary/aromatic N) is 1. The maximum atomic E-state index is 13.3. The molecular weight excluding hydrogens is 430 g/mol. The molecular formula is C23H27N3O5S. The van der Waals surface area contributed by atoms with Crippen LogP contribution in [0.25, 0.3) is 0 Å². The fourth-order valence-corrected chi connectivity index (χ4v) is 4.89. The van der Waals surface area contributed by atoms with Crippen molar-refractivity contribution in [3.05, 3.63) is 46.2 Å². The number of amides is 3. The van der Waals surface area contributed by atoms with Crippen LogP contribution < -0.4 is 15.4 Å². The molecule has 0 unspecified atom stereocenters. The standard InChI is InChI=1S/C23H27N3O5S/c1-24-21(27)11-15-6-7-18-20(31-15)13-30-19-8-5-14(10-17(19)23(29)26(18)2)25-22(28)12-16-4-3-9-32-16/h3-5,8-10,15,18,20H,6-7,11-13H2,1-2H3,(H,24,27)(H,25,28)/t15-,18-,20+/m0/s1. The van der Waals surface area contributed by atoms with Gasteiger partial charge >= 0.3 is 0 Å². The van der Waals surface area contributed by atoms with Crippen molar-refractivity contribution in [2.24, 2.45) is 0 Å². The van der Waals surface area contributed by atoms with E-state index in [0.717, 1.165) is 11.3 Å². The highest BCUT2D eigenvalue weighted by Gasteiger charge is 2.39. The second-order valence-electron chi connectivity index (χ2n) is 8.06. The van der Waals surface area contributed by atoms with E-state index in [1.165, 1.54) is 11.3 Å². The molecule has 0 spiro atoms. The number of ether oxygens (including phenoxy) is 2. The van der Waals surface area contributed by atoms with Gasteiger partial charge in [0.25, 0.3) is 5.91 Å². The summed E-state index contributed by atoms with van der Waals surface area (Å²) in [6, 6.07) is 8.78. The number of fused-ring (bicyclic) bond motifs is 2. The fourth-order valence-electron chi connectivity index (χ4n) is 4.19. The maximum absolute atomic E-state index is 13.3. The van der Waals surface area contributed by atoms with Crippen molar-refractivity contribution in [1.82, 2.24) is 10.2 Å². The SMILES string of the molecule is CNC(=O)C[C@@H]1CC[C@H]2[C@@H](COc3ccc(NC(=O)Cc4cccs4)cc3C(=O)N2C)O1. The third-order valence-electron chi connectivity index (χ3n) is 5.90. The summed E-state index contributed by atoms with van der Waals surface area (Å²) in [7, 11) is 3.37. The minimum absolute atomic E-state index is 0.0661. The van der Waals surface area contributed by atoms with Gasteiger partial charge in [0.2, 0.25) is 11.8 Å². The number of carbonyl (C=O) groups excluding carboxylic acids is 3. The Morgan fingerprint density at radius 1 is 1.22 bits per heavy atom. The third kappa shape index (κ3) is 4.94. The van der Waals surface area contributed by atoms with E-state index in [-0.39, 0.29) is 49.0 Å². The molecule has 1 aromatic heterocycles. The van der Waals surface area contributed by atoms with Gasteiger partial charge in [-0.1, -0.05) is 6.07 Å². The minimum Gasteiger partial charge on any atom is -0.490 e. The summed E-state index contributed by atoms with van der Waals surface area (Å²) < 4.78 is 12.1. The van der Waals surface area contributed by atoms with Crippen molar-refractivity contribution in [1.29, 1.82) is 0 Å². The highest BCUT2D eigenvalue weighted by atomic mass is 32.1. The van der Waals surface area contributed by atoms with Crippen LogP contribution in [-0.4, -0.2) is 61.6 Å². The van der Waals surface area contributed by atoms with E-state index in [9.17, 15) is 14.4 Å². The van der Waals surface area contributed by atoms with Crippen molar-refractivity contribution >= 4 is 34.7 Å². The summed E-state index contributed by atoms with van der Waals surface area (Å²) in [5, 5.41) is 7.42. The number of benzene rings is 1. The number of thiophene rings is 1. The van der Waals surface area contributed by atoms with Gasteiger partial charge in [-0.3, -0.25) is 14.4 Å². The molecule has 0 radical (unpaired) electrons.